The van der Waals surface area contributed by atoms with Gasteiger partial charge in [-0.05, 0) is 6.92 Å². The van der Waals surface area contributed by atoms with Gasteiger partial charge >= 0.3 is 0 Å². The number of carbonyl (C=O) groups is 1. The predicted octanol–water partition coefficient (Wildman–Crippen LogP) is 1.32. The molecule has 3 heteroatoms. The summed E-state index contributed by atoms with van der Waals surface area (Å²) in [5.41, 5.74) is 2.05. The SMILES string of the molecule is Cc1[nH]ncc1C=CCC=O. The van der Waals surface area contributed by atoms with Gasteiger partial charge in [-0.3, -0.25) is 5.10 Å². The largest absolute Gasteiger partial charge is 0.303 e. The van der Waals surface area contributed by atoms with Crippen LogP contribution in [0.1, 0.15) is 17.7 Å². The first-order valence-corrected chi connectivity index (χ1v) is 3.44. The second-order valence-corrected chi connectivity index (χ2v) is 2.26. The zero-order chi connectivity index (χ0) is 8.10. The molecule has 0 bridgehead atoms. The molecule has 58 valence electrons. The summed E-state index contributed by atoms with van der Waals surface area (Å²) in [4.78, 5) is 9.94. The van der Waals surface area contributed by atoms with Gasteiger partial charge < -0.3 is 4.79 Å². The monoisotopic (exact) mass is 150 g/mol. The molecule has 0 atom stereocenters. The van der Waals surface area contributed by atoms with Gasteiger partial charge in [-0.25, -0.2) is 0 Å². The van der Waals surface area contributed by atoms with Crippen LogP contribution >= 0.6 is 0 Å². The van der Waals surface area contributed by atoms with Gasteiger partial charge in [-0.2, -0.15) is 5.10 Å². The molecule has 1 aromatic rings. The molecule has 0 aliphatic heterocycles. The maximum absolute atomic E-state index is 9.94. The molecule has 0 aliphatic carbocycles. The van der Waals surface area contributed by atoms with Crippen LogP contribution in [0.5, 0.6) is 0 Å². The number of nitrogens with zero attached hydrogens (tertiary/aromatic N) is 1. The minimum Gasteiger partial charge on any atom is -0.303 e. The van der Waals surface area contributed by atoms with Crippen LogP contribution in [-0.2, 0) is 4.79 Å². The number of allylic oxidation sites excluding steroid dienone is 1. The second-order valence-electron chi connectivity index (χ2n) is 2.26. The van der Waals surface area contributed by atoms with Crippen molar-refractivity contribution < 1.29 is 4.79 Å². The van der Waals surface area contributed by atoms with Gasteiger partial charge in [0.15, 0.2) is 0 Å². The maximum Gasteiger partial charge on any atom is 0.123 e. The number of aromatic amines is 1. The van der Waals surface area contributed by atoms with Gasteiger partial charge in [0.1, 0.15) is 6.29 Å². The summed E-state index contributed by atoms with van der Waals surface area (Å²) >= 11 is 0. The highest BCUT2D eigenvalue weighted by atomic mass is 16.1. The molecule has 0 amide bonds. The fourth-order valence-corrected chi connectivity index (χ4v) is 0.779. The first-order valence-electron chi connectivity index (χ1n) is 3.44. The smallest absolute Gasteiger partial charge is 0.123 e. The molecule has 0 fully saturated rings. The highest BCUT2D eigenvalue weighted by Gasteiger charge is 1.92. The van der Waals surface area contributed by atoms with Crippen LogP contribution in [0.2, 0.25) is 0 Å². The van der Waals surface area contributed by atoms with Crippen LogP contribution in [0.25, 0.3) is 6.08 Å². The van der Waals surface area contributed by atoms with Crippen LogP contribution in [0.15, 0.2) is 12.3 Å². The Labute approximate surface area is 65.1 Å². The Morgan fingerprint density at radius 2 is 2.55 bits per heavy atom. The first kappa shape index (κ1) is 7.72. The molecule has 0 aliphatic rings. The van der Waals surface area contributed by atoms with Crippen molar-refractivity contribution >= 4 is 12.4 Å². The topological polar surface area (TPSA) is 45.8 Å². The van der Waals surface area contributed by atoms with Gasteiger partial charge in [0, 0.05) is 17.7 Å². The van der Waals surface area contributed by atoms with Crippen molar-refractivity contribution in [2.24, 2.45) is 0 Å². The average Bonchev–Trinajstić information content (AvgIpc) is 2.37. The molecule has 1 N–H and O–H groups in total. The van der Waals surface area contributed by atoms with Crippen molar-refractivity contribution in [3.63, 3.8) is 0 Å². The van der Waals surface area contributed by atoms with E-state index in [-0.39, 0.29) is 0 Å². The summed E-state index contributed by atoms with van der Waals surface area (Å²) < 4.78 is 0. The zero-order valence-corrected chi connectivity index (χ0v) is 6.37. The molecule has 0 saturated carbocycles. The van der Waals surface area contributed by atoms with E-state index in [1.807, 2.05) is 19.1 Å². The Balaban J connectivity index is 2.63. The van der Waals surface area contributed by atoms with Crippen molar-refractivity contribution in [3.05, 3.63) is 23.5 Å². The number of aryl methyl sites for hydroxylation is 1. The number of carbonyl (C=O) groups excluding carboxylic acids is 1. The van der Waals surface area contributed by atoms with E-state index in [4.69, 9.17) is 0 Å². The van der Waals surface area contributed by atoms with Crippen LogP contribution in [-0.4, -0.2) is 16.5 Å². The molecule has 0 spiro atoms. The van der Waals surface area contributed by atoms with Crippen LogP contribution in [0.3, 0.4) is 0 Å². The van der Waals surface area contributed by atoms with E-state index in [9.17, 15) is 4.79 Å². The van der Waals surface area contributed by atoms with Crippen LogP contribution in [0.4, 0.5) is 0 Å². The lowest BCUT2D eigenvalue weighted by Crippen LogP contribution is -1.73. The molecular weight excluding hydrogens is 140 g/mol. The number of rotatable bonds is 3. The molecule has 3 nitrogen and oxygen atoms in total. The molecule has 1 aromatic heterocycles. The third-order valence-electron chi connectivity index (χ3n) is 1.40. The lowest BCUT2D eigenvalue weighted by atomic mass is 10.2. The third kappa shape index (κ3) is 2.04. The lowest BCUT2D eigenvalue weighted by molar-refractivity contribution is -0.107. The summed E-state index contributed by atoms with van der Waals surface area (Å²) in [7, 11) is 0. The summed E-state index contributed by atoms with van der Waals surface area (Å²) in [6.45, 7) is 1.94. The van der Waals surface area contributed by atoms with Gasteiger partial charge in [0.05, 0.1) is 6.20 Å². The standard InChI is InChI=1S/C8H10N2O/c1-7-8(6-9-10-7)4-2-3-5-11/h2,4-6H,3H2,1H3,(H,9,10). The van der Waals surface area contributed by atoms with Crippen molar-refractivity contribution in [1.29, 1.82) is 0 Å². The highest BCUT2D eigenvalue weighted by Crippen LogP contribution is 2.04. The Morgan fingerprint density at radius 3 is 3.09 bits per heavy atom. The third-order valence-corrected chi connectivity index (χ3v) is 1.40. The fraction of sp³-hybridized carbons (Fsp3) is 0.250. The van der Waals surface area contributed by atoms with Crippen molar-refractivity contribution in [2.45, 2.75) is 13.3 Å². The molecular formula is C8H10N2O. The number of H-pyrrole nitrogens is 1. The normalized spacial score (nSPS) is 10.6. The number of aldehydes is 1. The van der Waals surface area contributed by atoms with E-state index < -0.39 is 0 Å². The summed E-state index contributed by atoms with van der Waals surface area (Å²) in [5.74, 6) is 0. The molecule has 1 heterocycles. The van der Waals surface area contributed by atoms with Crippen molar-refractivity contribution in [2.75, 3.05) is 0 Å². The van der Waals surface area contributed by atoms with Gasteiger partial charge in [-0.1, -0.05) is 12.2 Å². The summed E-state index contributed by atoms with van der Waals surface area (Å²) in [5, 5.41) is 6.64. The Morgan fingerprint density at radius 1 is 1.73 bits per heavy atom. The zero-order valence-electron chi connectivity index (χ0n) is 6.37. The van der Waals surface area contributed by atoms with E-state index in [2.05, 4.69) is 10.2 Å². The maximum atomic E-state index is 9.94. The lowest BCUT2D eigenvalue weighted by Gasteiger charge is -1.85. The Kier molecular flexibility index (Phi) is 2.60. The van der Waals surface area contributed by atoms with Crippen molar-refractivity contribution in [1.82, 2.24) is 10.2 Å². The quantitative estimate of drug-likeness (QED) is 0.660. The number of aromatic nitrogens is 2. The van der Waals surface area contributed by atoms with Gasteiger partial charge in [-0.15, -0.1) is 0 Å². The van der Waals surface area contributed by atoms with Gasteiger partial charge in [0.2, 0.25) is 0 Å². The Hall–Kier alpha value is -1.38. The van der Waals surface area contributed by atoms with Crippen molar-refractivity contribution in [3.8, 4) is 0 Å². The number of nitrogens with one attached hydrogen (secondary N) is 1. The molecule has 0 aromatic carbocycles. The average molecular weight is 150 g/mol. The molecule has 0 radical (unpaired) electrons. The van der Waals surface area contributed by atoms with Crippen LogP contribution < -0.4 is 0 Å². The highest BCUT2D eigenvalue weighted by molar-refractivity contribution is 5.58. The molecule has 0 unspecified atom stereocenters. The minimum atomic E-state index is 0.463. The summed E-state index contributed by atoms with van der Waals surface area (Å²) in [6, 6.07) is 0. The number of hydrogen-bond acceptors (Lipinski definition) is 2. The molecule has 11 heavy (non-hydrogen) atoms. The molecule has 0 saturated heterocycles. The van der Waals surface area contributed by atoms with E-state index in [0.29, 0.717) is 6.42 Å². The fourth-order valence-electron chi connectivity index (χ4n) is 0.779. The summed E-state index contributed by atoms with van der Waals surface area (Å²) in [6.07, 6.45) is 6.76. The second kappa shape index (κ2) is 3.71. The predicted molar refractivity (Wildman–Crippen MR) is 43.0 cm³/mol. The Bertz CT molecular complexity index is 263. The minimum absolute atomic E-state index is 0.463. The van der Waals surface area contributed by atoms with Crippen LogP contribution in [0, 0.1) is 6.92 Å². The number of hydrogen-bond donors (Lipinski definition) is 1. The molecule has 1 rings (SSSR count). The van der Waals surface area contributed by atoms with E-state index in [0.717, 1.165) is 17.5 Å². The van der Waals surface area contributed by atoms with E-state index >= 15 is 0 Å². The van der Waals surface area contributed by atoms with E-state index in [1.165, 1.54) is 0 Å². The van der Waals surface area contributed by atoms with E-state index in [1.54, 1.807) is 6.20 Å². The van der Waals surface area contributed by atoms with Gasteiger partial charge in [0.25, 0.3) is 0 Å². The first-order chi connectivity index (χ1) is 5.34.